The van der Waals surface area contributed by atoms with Crippen molar-refractivity contribution >= 4 is 22.7 Å². The van der Waals surface area contributed by atoms with Crippen molar-refractivity contribution in [3.05, 3.63) is 70.7 Å². The van der Waals surface area contributed by atoms with Crippen molar-refractivity contribution in [2.45, 2.75) is 57.5 Å². The molecule has 2 aromatic carbocycles. The van der Waals surface area contributed by atoms with Crippen LogP contribution in [-0.4, -0.2) is 33.8 Å². The SMILES string of the molecule is Cc1ccc2[nH]c(C)c(CC(=O)N3CCC[C@]4(CCC(=O)N4)[C@H]3c3ccc(F)cc3)c2c1. The monoisotopic (exact) mass is 433 g/mol. The second kappa shape index (κ2) is 7.76. The van der Waals surface area contributed by atoms with Crippen LogP contribution in [0.3, 0.4) is 0 Å². The van der Waals surface area contributed by atoms with Gasteiger partial charge in [-0.2, -0.15) is 0 Å². The van der Waals surface area contributed by atoms with E-state index >= 15 is 0 Å². The summed E-state index contributed by atoms with van der Waals surface area (Å²) in [6.07, 6.45) is 3.08. The van der Waals surface area contributed by atoms with Gasteiger partial charge in [-0.15, -0.1) is 0 Å². The smallest absolute Gasteiger partial charge is 0.227 e. The highest BCUT2D eigenvalue weighted by molar-refractivity contribution is 5.91. The molecule has 1 aromatic heterocycles. The zero-order valence-corrected chi connectivity index (χ0v) is 18.5. The van der Waals surface area contributed by atoms with Crippen LogP contribution in [0.15, 0.2) is 42.5 Å². The molecule has 32 heavy (non-hydrogen) atoms. The number of carbonyl (C=O) groups is 2. The molecule has 2 aliphatic rings. The summed E-state index contributed by atoms with van der Waals surface area (Å²) in [5.74, 6) is -0.254. The highest BCUT2D eigenvalue weighted by Crippen LogP contribution is 2.45. The minimum absolute atomic E-state index is 0.0226. The van der Waals surface area contributed by atoms with Gasteiger partial charge in [0, 0.05) is 29.6 Å². The first-order valence-corrected chi connectivity index (χ1v) is 11.3. The Morgan fingerprint density at radius 1 is 1.16 bits per heavy atom. The van der Waals surface area contributed by atoms with Crippen molar-refractivity contribution in [1.29, 1.82) is 0 Å². The maximum Gasteiger partial charge on any atom is 0.227 e. The van der Waals surface area contributed by atoms with Crippen LogP contribution in [0.2, 0.25) is 0 Å². The molecule has 2 aliphatic heterocycles. The van der Waals surface area contributed by atoms with E-state index in [2.05, 4.69) is 35.4 Å². The molecule has 0 saturated carbocycles. The normalized spacial score (nSPS) is 23.2. The van der Waals surface area contributed by atoms with Gasteiger partial charge in [-0.1, -0.05) is 23.8 Å². The number of hydrogen-bond acceptors (Lipinski definition) is 2. The van der Waals surface area contributed by atoms with E-state index < -0.39 is 5.54 Å². The summed E-state index contributed by atoms with van der Waals surface area (Å²) in [7, 11) is 0. The van der Waals surface area contributed by atoms with Crippen LogP contribution in [0.5, 0.6) is 0 Å². The van der Waals surface area contributed by atoms with Crippen LogP contribution in [-0.2, 0) is 16.0 Å². The fourth-order valence-electron chi connectivity index (χ4n) is 5.65. The number of hydrogen-bond donors (Lipinski definition) is 2. The summed E-state index contributed by atoms with van der Waals surface area (Å²) >= 11 is 0. The number of benzene rings is 2. The third-order valence-corrected chi connectivity index (χ3v) is 7.15. The molecule has 2 N–H and O–H groups in total. The van der Waals surface area contributed by atoms with E-state index in [9.17, 15) is 14.0 Å². The molecule has 2 atom stereocenters. The van der Waals surface area contributed by atoms with Gasteiger partial charge in [-0.25, -0.2) is 4.39 Å². The van der Waals surface area contributed by atoms with Crippen molar-refractivity contribution in [1.82, 2.24) is 15.2 Å². The highest BCUT2D eigenvalue weighted by atomic mass is 19.1. The molecule has 0 aliphatic carbocycles. The maximum absolute atomic E-state index is 13.7. The number of halogens is 1. The Morgan fingerprint density at radius 2 is 1.94 bits per heavy atom. The molecule has 2 fully saturated rings. The first kappa shape index (κ1) is 20.7. The molecule has 0 radical (unpaired) electrons. The number of aryl methyl sites for hydroxylation is 2. The van der Waals surface area contributed by atoms with Crippen molar-refractivity contribution in [3.8, 4) is 0 Å². The summed E-state index contributed by atoms with van der Waals surface area (Å²) < 4.78 is 13.7. The lowest BCUT2D eigenvalue weighted by molar-refractivity contribution is -0.138. The van der Waals surface area contributed by atoms with Crippen LogP contribution in [0.4, 0.5) is 4.39 Å². The van der Waals surface area contributed by atoms with Gasteiger partial charge in [0.1, 0.15) is 5.82 Å². The number of fused-ring (bicyclic) bond motifs is 1. The number of nitrogens with one attached hydrogen (secondary N) is 2. The molecule has 2 amide bonds. The fraction of sp³-hybridized carbons (Fsp3) is 0.385. The Bertz CT molecular complexity index is 1200. The average Bonchev–Trinajstić information content (AvgIpc) is 3.28. The zero-order valence-electron chi connectivity index (χ0n) is 18.5. The number of carbonyl (C=O) groups excluding carboxylic acids is 2. The fourth-order valence-corrected chi connectivity index (χ4v) is 5.65. The summed E-state index contributed by atoms with van der Waals surface area (Å²) in [5, 5.41) is 4.27. The highest BCUT2D eigenvalue weighted by Gasteiger charge is 2.50. The molecule has 1 spiro atoms. The minimum atomic E-state index is -0.491. The molecule has 6 heteroatoms. The average molecular weight is 434 g/mol. The van der Waals surface area contributed by atoms with Crippen molar-refractivity contribution in [3.63, 3.8) is 0 Å². The summed E-state index contributed by atoms with van der Waals surface area (Å²) in [5.41, 5.74) is 4.58. The second-order valence-corrected chi connectivity index (χ2v) is 9.30. The molecule has 0 bridgehead atoms. The van der Waals surface area contributed by atoms with Gasteiger partial charge in [0.15, 0.2) is 0 Å². The van der Waals surface area contributed by atoms with Crippen LogP contribution in [0.1, 0.15) is 54.1 Å². The first-order chi connectivity index (χ1) is 15.4. The van der Waals surface area contributed by atoms with Gasteiger partial charge < -0.3 is 15.2 Å². The lowest BCUT2D eigenvalue weighted by atomic mass is 9.76. The summed E-state index contributed by atoms with van der Waals surface area (Å²) in [4.78, 5) is 31.3. The van der Waals surface area contributed by atoms with Crippen LogP contribution >= 0.6 is 0 Å². The lowest BCUT2D eigenvalue weighted by Gasteiger charge is -2.48. The van der Waals surface area contributed by atoms with Gasteiger partial charge in [-0.05, 0) is 68.5 Å². The number of nitrogens with zero attached hydrogens (tertiary/aromatic N) is 1. The lowest BCUT2D eigenvalue weighted by Crippen LogP contribution is -2.58. The quantitative estimate of drug-likeness (QED) is 0.640. The van der Waals surface area contributed by atoms with E-state index in [1.165, 1.54) is 12.1 Å². The topological polar surface area (TPSA) is 65.2 Å². The van der Waals surface area contributed by atoms with Crippen molar-refractivity contribution in [2.75, 3.05) is 6.54 Å². The molecule has 3 aromatic rings. The second-order valence-electron chi connectivity index (χ2n) is 9.30. The third-order valence-electron chi connectivity index (χ3n) is 7.15. The molecular weight excluding hydrogens is 405 g/mol. The van der Waals surface area contributed by atoms with Crippen LogP contribution in [0, 0.1) is 19.7 Å². The number of rotatable bonds is 3. The molecule has 166 valence electrons. The van der Waals surface area contributed by atoms with Gasteiger partial charge in [-0.3, -0.25) is 9.59 Å². The number of piperidine rings is 1. The van der Waals surface area contributed by atoms with E-state index in [0.29, 0.717) is 19.4 Å². The third kappa shape index (κ3) is 3.48. The maximum atomic E-state index is 13.7. The largest absolute Gasteiger partial charge is 0.358 e. The van der Waals surface area contributed by atoms with Crippen molar-refractivity contribution < 1.29 is 14.0 Å². The Hall–Kier alpha value is -3.15. The van der Waals surface area contributed by atoms with Crippen molar-refractivity contribution in [2.24, 2.45) is 0 Å². The predicted molar refractivity (Wildman–Crippen MR) is 122 cm³/mol. The van der Waals surface area contributed by atoms with E-state index in [1.807, 2.05) is 11.8 Å². The van der Waals surface area contributed by atoms with Crippen LogP contribution in [0.25, 0.3) is 10.9 Å². The van der Waals surface area contributed by atoms with Gasteiger partial charge in [0.2, 0.25) is 11.8 Å². The molecule has 5 nitrogen and oxygen atoms in total. The van der Waals surface area contributed by atoms with Gasteiger partial charge in [0.25, 0.3) is 0 Å². The first-order valence-electron chi connectivity index (χ1n) is 11.3. The standard InChI is InChI=1S/C26H28FN3O2/c1-16-4-9-22-21(14-16)20(17(2)28-22)15-24(32)30-13-3-11-26(12-10-23(31)29-26)25(30)18-5-7-19(27)8-6-18/h4-9,14,25,28H,3,10-13,15H2,1-2H3,(H,29,31)/t25-,26+/m1/s1. The Balaban J connectivity index is 1.53. The minimum Gasteiger partial charge on any atom is -0.358 e. The number of aromatic amines is 1. The van der Waals surface area contributed by atoms with Gasteiger partial charge in [0.05, 0.1) is 18.0 Å². The summed E-state index contributed by atoms with van der Waals surface area (Å²) in [6, 6.07) is 12.3. The van der Waals surface area contributed by atoms with E-state index in [-0.39, 0.29) is 30.1 Å². The molecule has 3 heterocycles. The van der Waals surface area contributed by atoms with Gasteiger partial charge >= 0.3 is 0 Å². The number of likely N-dealkylation sites (tertiary alicyclic amines) is 1. The number of aromatic nitrogens is 1. The van der Waals surface area contributed by atoms with E-state index in [4.69, 9.17) is 0 Å². The number of H-pyrrole nitrogens is 1. The molecule has 2 saturated heterocycles. The predicted octanol–water partition coefficient (Wildman–Crippen LogP) is 4.48. The summed E-state index contributed by atoms with van der Waals surface area (Å²) in [6.45, 7) is 4.68. The molecule has 5 rings (SSSR count). The van der Waals surface area contributed by atoms with E-state index in [1.54, 1.807) is 12.1 Å². The zero-order chi connectivity index (χ0) is 22.5. The molecule has 0 unspecified atom stereocenters. The Labute approximate surface area is 187 Å². The number of amides is 2. The molecular formula is C26H28FN3O2. The van der Waals surface area contributed by atoms with E-state index in [0.717, 1.165) is 46.1 Å². The van der Waals surface area contributed by atoms with Crippen LogP contribution < -0.4 is 5.32 Å². The Kier molecular flexibility index (Phi) is 5.03. The Morgan fingerprint density at radius 3 is 2.66 bits per heavy atom.